The van der Waals surface area contributed by atoms with Crippen molar-refractivity contribution in [3.05, 3.63) is 102 Å². The molecule has 0 saturated carbocycles. The van der Waals surface area contributed by atoms with Crippen molar-refractivity contribution in [2.75, 3.05) is 10.6 Å². The molecule has 0 radical (unpaired) electrons. The topological polar surface area (TPSA) is 69.8 Å². The first-order valence-electron chi connectivity index (χ1n) is 10.3. The third-order valence-electron chi connectivity index (χ3n) is 5.26. The third-order valence-corrected chi connectivity index (χ3v) is 5.26. The van der Waals surface area contributed by atoms with Crippen molar-refractivity contribution in [1.29, 1.82) is 0 Å². The maximum absolute atomic E-state index is 13.8. The molecule has 0 aliphatic carbocycles. The lowest BCUT2D eigenvalue weighted by atomic mass is 10.0. The minimum atomic E-state index is -1.65. The largest absolute Gasteiger partial charge is 0.338 e. The molecule has 34 heavy (non-hydrogen) atoms. The Morgan fingerprint density at radius 1 is 0.735 bits per heavy atom. The van der Waals surface area contributed by atoms with Crippen LogP contribution < -0.4 is 10.6 Å². The summed E-state index contributed by atoms with van der Waals surface area (Å²) in [5.74, 6) is -3.71. The Morgan fingerprint density at radius 2 is 1.47 bits per heavy atom. The van der Waals surface area contributed by atoms with Crippen LogP contribution in [-0.2, 0) is 0 Å². The molecular formula is C26H17F3N4O. The molecule has 4 aromatic carbocycles. The summed E-state index contributed by atoms with van der Waals surface area (Å²) >= 11 is 0. The van der Waals surface area contributed by atoms with E-state index in [-0.39, 0.29) is 0 Å². The van der Waals surface area contributed by atoms with Crippen molar-refractivity contribution >= 4 is 28.4 Å². The molecule has 2 amide bonds. The van der Waals surface area contributed by atoms with Crippen LogP contribution in [0.25, 0.3) is 33.5 Å². The highest BCUT2D eigenvalue weighted by Crippen LogP contribution is 2.28. The standard InChI is InChI=1S/C26H17F3N4O/c27-19-11-12-22(24(29)23(19)28)33-26(34)30-18-8-4-6-16(14-18)15-5-3-7-17(13-15)25-31-20-9-1-2-10-21(20)32-25/h1-14H,(H,31,32)(H2,30,33,34). The maximum Gasteiger partial charge on any atom is 0.323 e. The Labute approximate surface area is 192 Å². The van der Waals surface area contributed by atoms with E-state index in [1.807, 2.05) is 54.6 Å². The molecule has 0 spiro atoms. The van der Waals surface area contributed by atoms with Gasteiger partial charge in [0, 0.05) is 11.3 Å². The fourth-order valence-electron chi connectivity index (χ4n) is 3.62. The van der Waals surface area contributed by atoms with E-state index in [0.29, 0.717) is 5.69 Å². The molecule has 168 valence electrons. The number of halogens is 3. The molecule has 8 heteroatoms. The first-order chi connectivity index (χ1) is 16.5. The summed E-state index contributed by atoms with van der Waals surface area (Å²) in [6, 6.07) is 23.5. The first kappa shape index (κ1) is 21.3. The van der Waals surface area contributed by atoms with E-state index in [0.717, 1.165) is 45.7 Å². The number of benzene rings is 4. The van der Waals surface area contributed by atoms with E-state index in [9.17, 15) is 18.0 Å². The Hall–Kier alpha value is -4.59. The fraction of sp³-hybridized carbons (Fsp3) is 0. The normalized spacial score (nSPS) is 10.9. The number of fused-ring (bicyclic) bond motifs is 1. The molecule has 3 N–H and O–H groups in total. The minimum absolute atomic E-state index is 0.437. The van der Waals surface area contributed by atoms with Crippen LogP contribution in [0.5, 0.6) is 0 Å². The van der Waals surface area contributed by atoms with Gasteiger partial charge in [0.15, 0.2) is 17.5 Å². The number of carbonyl (C=O) groups is 1. The smallest absolute Gasteiger partial charge is 0.323 e. The third kappa shape index (κ3) is 4.21. The summed E-state index contributed by atoms with van der Waals surface area (Å²) in [4.78, 5) is 20.2. The molecule has 5 aromatic rings. The molecule has 0 fully saturated rings. The summed E-state index contributed by atoms with van der Waals surface area (Å²) in [5, 5.41) is 4.76. The van der Waals surface area contributed by atoms with E-state index < -0.39 is 29.2 Å². The van der Waals surface area contributed by atoms with Crippen molar-refractivity contribution in [2.24, 2.45) is 0 Å². The molecule has 0 aliphatic rings. The van der Waals surface area contributed by atoms with E-state index in [4.69, 9.17) is 0 Å². The van der Waals surface area contributed by atoms with Gasteiger partial charge in [-0.1, -0.05) is 42.5 Å². The van der Waals surface area contributed by atoms with Gasteiger partial charge in [-0.25, -0.2) is 22.9 Å². The Kier molecular flexibility index (Phi) is 5.47. The highest BCUT2D eigenvalue weighted by atomic mass is 19.2. The number of urea groups is 1. The van der Waals surface area contributed by atoms with E-state index in [1.165, 1.54) is 0 Å². The number of rotatable bonds is 4. The van der Waals surface area contributed by atoms with Crippen LogP contribution in [0.1, 0.15) is 0 Å². The van der Waals surface area contributed by atoms with E-state index in [1.54, 1.807) is 18.2 Å². The van der Waals surface area contributed by atoms with Crippen LogP contribution in [0, 0.1) is 17.5 Å². The number of anilines is 2. The number of nitrogens with zero attached hydrogens (tertiary/aromatic N) is 1. The van der Waals surface area contributed by atoms with Crippen molar-refractivity contribution in [3.8, 4) is 22.5 Å². The number of H-pyrrole nitrogens is 1. The van der Waals surface area contributed by atoms with Crippen LogP contribution in [0.3, 0.4) is 0 Å². The second-order valence-corrected chi connectivity index (χ2v) is 7.57. The average Bonchev–Trinajstić information content (AvgIpc) is 3.29. The van der Waals surface area contributed by atoms with Gasteiger partial charge in [-0.15, -0.1) is 0 Å². The molecule has 5 nitrogen and oxygen atoms in total. The van der Waals surface area contributed by atoms with E-state index >= 15 is 0 Å². The van der Waals surface area contributed by atoms with Gasteiger partial charge in [-0.2, -0.15) is 0 Å². The van der Waals surface area contributed by atoms with Crippen molar-refractivity contribution < 1.29 is 18.0 Å². The van der Waals surface area contributed by atoms with Crippen molar-refractivity contribution in [1.82, 2.24) is 9.97 Å². The zero-order valence-electron chi connectivity index (χ0n) is 17.6. The van der Waals surface area contributed by atoms with Gasteiger partial charge in [0.1, 0.15) is 5.82 Å². The number of amides is 2. The number of imidazole rings is 1. The van der Waals surface area contributed by atoms with Gasteiger partial charge in [0.2, 0.25) is 0 Å². The monoisotopic (exact) mass is 458 g/mol. The fourth-order valence-corrected chi connectivity index (χ4v) is 3.62. The molecule has 0 unspecified atom stereocenters. The van der Waals surface area contributed by atoms with Gasteiger partial charge in [-0.3, -0.25) is 0 Å². The molecule has 0 atom stereocenters. The lowest BCUT2D eigenvalue weighted by Gasteiger charge is -2.11. The number of hydrogen-bond acceptors (Lipinski definition) is 2. The van der Waals surface area contributed by atoms with Crippen LogP contribution in [-0.4, -0.2) is 16.0 Å². The van der Waals surface area contributed by atoms with Crippen molar-refractivity contribution in [3.63, 3.8) is 0 Å². The lowest BCUT2D eigenvalue weighted by Crippen LogP contribution is -2.20. The molecule has 0 aliphatic heterocycles. The SMILES string of the molecule is O=C(Nc1cccc(-c2cccc(-c3nc4ccccc4[nH]3)c2)c1)Nc1ccc(F)c(F)c1F. The quantitative estimate of drug-likeness (QED) is 0.255. The first-order valence-corrected chi connectivity index (χ1v) is 10.3. The highest BCUT2D eigenvalue weighted by molar-refractivity contribution is 6.00. The summed E-state index contributed by atoms with van der Waals surface area (Å²) in [7, 11) is 0. The molecule has 0 saturated heterocycles. The van der Waals surface area contributed by atoms with Gasteiger partial charge in [0.25, 0.3) is 0 Å². The number of carbonyl (C=O) groups excluding carboxylic acids is 1. The number of nitrogens with one attached hydrogen (secondary N) is 3. The summed E-state index contributed by atoms with van der Waals surface area (Å²) < 4.78 is 40.3. The molecule has 1 aromatic heterocycles. The zero-order valence-corrected chi connectivity index (χ0v) is 17.6. The highest BCUT2D eigenvalue weighted by Gasteiger charge is 2.15. The van der Waals surface area contributed by atoms with Crippen LogP contribution >= 0.6 is 0 Å². The number of aromatic nitrogens is 2. The predicted molar refractivity (Wildman–Crippen MR) is 126 cm³/mol. The second kappa shape index (κ2) is 8.74. The Morgan fingerprint density at radius 3 is 2.29 bits per heavy atom. The van der Waals surface area contributed by atoms with Crippen LogP contribution in [0.2, 0.25) is 0 Å². The maximum atomic E-state index is 13.8. The Balaban J connectivity index is 1.36. The predicted octanol–water partition coefficient (Wildman–Crippen LogP) is 6.96. The molecule has 0 bridgehead atoms. The lowest BCUT2D eigenvalue weighted by molar-refractivity contribution is 0.262. The van der Waals surface area contributed by atoms with Gasteiger partial charge in [0.05, 0.1) is 16.7 Å². The second-order valence-electron chi connectivity index (χ2n) is 7.57. The zero-order chi connectivity index (χ0) is 23.7. The average molecular weight is 458 g/mol. The summed E-state index contributed by atoms with van der Waals surface area (Å²) in [5.41, 5.74) is 4.41. The van der Waals surface area contributed by atoms with Gasteiger partial charge < -0.3 is 15.6 Å². The number of para-hydroxylation sites is 2. The summed E-state index contributed by atoms with van der Waals surface area (Å²) in [6.45, 7) is 0. The van der Waals surface area contributed by atoms with Crippen LogP contribution in [0.4, 0.5) is 29.3 Å². The number of hydrogen-bond donors (Lipinski definition) is 3. The van der Waals surface area contributed by atoms with Crippen LogP contribution in [0.15, 0.2) is 84.9 Å². The molecule has 5 rings (SSSR count). The van der Waals surface area contributed by atoms with E-state index in [2.05, 4.69) is 20.6 Å². The molecular weight excluding hydrogens is 441 g/mol. The minimum Gasteiger partial charge on any atom is -0.338 e. The van der Waals surface area contributed by atoms with Gasteiger partial charge in [-0.05, 0) is 53.6 Å². The Bertz CT molecular complexity index is 1500. The van der Waals surface area contributed by atoms with Crippen molar-refractivity contribution in [2.45, 2.75) is 0 Å². The summed E-state index contributed by atoms with van der Waals surface area (Å²) in [6.07, 6.45) is 0. The molecule has 1 heterocycles. The van der Waals surface area contributed by atoms with Gasteiger partial charge >= 0.3 is 6.03 Å². The number of aromatic amines is 1.